The third-order valence-corrected chi connectivity index (χ3v) is 1.72. The van der Waals surface area contributed by atoms with Crippen LogP contribution in [-0.2, 0) is 0 Å². The summed E-state index contributed by atoms with van der Waals surface area (Å²) in [5.74, 6) is 0. The second kappa shape index (κ2) is 3.51. The number of alkyl halides is 3. The van der Waals surface area contributed by atoms with Crippen LogP contribution in [0.5, 0.6) is 0 Å². The highest BCUT2D eigenvalue weighted by Gasteiger charge is 2.40. The minimum atomic E-state index is -4.70. The third kappa shape index (κ3) is 2.32. The van der Waals surface area contributed by atoms with Crippen LogP contribution in [0.2, 0.25) is 5.02 Å². The first-order chi connectivity index (χ1) is 5.93. The van der Waals surface area contributed by atoms with Gasteiger partial charge in [-0.25, -0.2) is 0 Å². The highest BCUT2D eigenvalue weighted by Crippen LogP contribution is 2.35. The van der Waals surface area contributed by atoms with Crippen LogP contribution in [0.25, 0.3) is 0 Å². The van der Waals surface area contributed by atoms with Crippen molar-refractivity contribution < 1.29 is 18.3 Å². The summed E-state index contributed by atoms with van der Waals surface area (Å²) < 4.78 is 36.0. The molecule has 0 aliphatic heterocycles. The number of halogens is 4. The zero-order valence-corrected chi connectivity index (χ0v) is 6.97. The van der Waals surface area contributed by atoms with Crippen molar-refractivity contribution in [2.45, 2.75) is 12.3 Å². The minimum Gasteiger partial charge on any atom is -0.379 e. The predicted molar refractivity (Wildman–Crippen MR) is 40.3 cm³/mol. The molecule has 0 amide bonds. The predicted octanol–water partition coefficient (Wildman–Crippen LogP) is 2.33. The number of aromatic nitrogens is 1. The standard InChI is InChI=1S/C7H5ClF3NO/c8-5-3-12-2-1-4(5)6(13)7(9,10)11/h1-3,6,13H. The number of aliphatic hydroxyl groups is 1. The lowest BCUT2D eigenvalue weighted by atomic mass is 10.1. The van der Waals surface area contributed by atoms with Crippen molar-refractivity contribution >= 4 is 11.6 Å². The van der Waals surface area contributed by atoms with Gasteiger partial charge in [0, 0.05) is 18.0 Å². The number of hydrogen-bond acceptors (Lipinski definition) is 2. The minimum absolute atomic E-state index is 0.202. The highest BCUT2D eigenvalue weighted by molar-refractivity contribution is 6.31. The molecule has 1 heterocycles. The van der Waals surface area contributed by atoms with Gasteiger partial charge < -0.3 is 5.11 Å². The van der Waals surface area contributed by atoms with E-state index in [1.165, 1.54) is 0 Å². The fourth-order valence-corrected chi connectivity index (χ4v) is 1.01. The lowest BCUT2D eigenvalue weighted by molar-refractivity contribution is -0.206. The number of aliphatic hydroxyl groups excluding tert-OH is 1. The molecule has 1 aromatic heterocycles. The first-order valence-corrected chi connectivity index (χ1v) is 3.65. The Hall–Kier alpha value is -0.810. The third-order valence-electron chi connectivity index (χ3n) is 1.41. The average molecular weight is 212 g/mol. The molecule has 0 aliphatic carbocycles. The van der Waals surface area contributed by atoms with Crippen LogP contribution >= 0.6 is 11.6 Å². The summed E-state index contributed by atoms with van der Waals surface area (Å²) in [6.45, 7) is 0. The molecule has 1 rings (SSSR count). The van der Waals surface area contributed by atoms with E-state index in [1.807, 2.05) is 0 Å². The maximum absolute atomic E-state index is 12.0. The molecule has 1 unspecified atom stereocenters. The fourth-order valence-electron chi connectivity index (χ4n) is 0.784. The van der Waals surface area contributed by atoms with Gasteiger partial charge >= 0.3 is 6.18 Å². The van der Waals surface area contributed by atoms with Crippen molar-refractivity contribution in [1.29, 1.82) is 0 Å². The van der Waals surface area contributed by atoms with E-state index in [2.05, 4.69) is 4.98 Å². The topological polar surface area (TPSA) is 33.1 Å². The molecule has 0 saturated carbocycles. The molecule has 6 heteroatoms. The van der Waals surface area contributed by atoms with E-state index in [9.17, 15) is 13.2 Å². The van der Waals surface area contributed by atoms with Gasteiger partial charge in [-0.05, 0) is 6.07 Å². The van der Waals surface area contributed by atoms with Gasteiger partial charge in [-0.3, -0.25) is 4.98 Å². The Balaban J connectivity index is 3.02. The molecule has 0 radical (unpaired) electrons. The lowest BCUT2D eigenvalue weighted by Crippen LogP contribution is -2.20. The zero-order valence-electron chi connectivity index (χ0n) is 6.22. The van der Waals surface area contributed by atoms with Crippen LogP contribution in [0.3, 0.4) is 0 Å². The smallest absolute Gasteiger partial charge is 0.379 e. The largest absolute Gasteiger partial charge is 0.418 e. The van der Waals surface area contributed by atoms with E-state index < -0.39 is 12.3 Å². The van der Waals surface area contributed by atoms with Gasteiger partial charge in [0.05, 0.1) is 5.02 Å². The van der Waals surface area contributed by atoms with Crippen LogP contribution < -0.4 is 0 Å². The summed E-state index contributed by atoms with van der Waals surface area (Å²) >= 11 is 5.40. The number of rotatable bonds is 1. The van der Waals surface area contributed by atoms with Crippen molar-refractivity contribution in [3.8, 4) is 0 Å². The van der Waals surface area contributed by atoms with Crippen LogP contribution in [0.4, 0.5) is 13.2 Å². The monoisotopic (exact) mass is 211 g/mol. The highest BCUT2D eigenvalue weighted by atomic mass is 35.5. The van der Waals surface area contributed by atoms with Crippen molar-refractivity contribution in [2.75, 3.05) is 0 Å². The molecule has 1 N–H and O–H groups in total. The first kappa shape index (κ1) is 10.3. The molecule has 1 aromatic rings. The average Bonchev–Trinajstić information content (AvgIpc) is 2.02. The SMILES string of the molecule is OC(c1ccncc1Cl)C(F)(F)F. The van der Waals surface area contributed by atoms with Gasteiger partial charge in [-0.2, -0.15) is 13.2 Å². The molecule has 0 bridgehead atoms. The molecule has 0 aromatic carbocycles. The van der Waals surface area contributed by atoms with Crippen LogP contribution in [0.15, 0.2) is 18.5 Å². The van der Waals surface area contributed by atoms with Gasteiger partial charge in [-0.1, -0.05) is 11.6 Å². The van der Waals surface area contributed by atoms with Gasteiger partial charge in [0.25, 0.3) is 0 Å². The van der Waals surface area contributed by atoms with Gasteiger partial charge in [0.15, 0.2) is 6.10 Å². The van der Waals surface area contributed by atoms with Crippen molar-refractivity contribution in [1.82, 2.24) is 4.98 Å². The molecule has 72 valence electrons. The molecule has 2 nitrogen and oxygen atoms in total. The Morgan fingerprint density at radius 3 is 2.54 bits per heavy atom. The van der Waals surface area contributed by atoms with E-state index >= 15 is 0 Å². The summed E-state index contributed by atoms with van der Waals surface area (Å²) in [5, 5.41) is 8.60. The lowest BCUT2D eigenvalue weighted by Gasteiger charge is -2.15. The molecule has 0 saturated heterocycles. The van der Waals surface area contributed by atoms with Crippen molar-refractivity contribution in [3.63, 3.8) is 0 Å². The quantitative estimate of drug-likeness (QED) is 0.774. The Kier molecular flexibility index (Phi) is 2.77. The summed E-state index contributed by atoms with van der Waals surface area (Å²) in [4.78, 5) is 3.50. The van der Waals surface area contributed by atoms with E-state index in [1.54, 1.807) is 0 Å². The summed E-state index contributed by atoms with van der Waals surface area (Å²) in [7, 11) is 0. The van der Waals surface area contributed by atoms with E-state index in [4.69, 9.17) is 16.7 Å². The van der Waals surface area contributed by atoms with Crippen LogP contribution in [-0.4, -0.2) is 16.3 Å². The van der Waals surface area contributed by atoms with E-state index in [-0.39, 0.29) is 10.6 Å². The number of hydrogen-bond donors (Lipinski definition) is 1. The second-order valence-corrected chi connectivity index (χ2v) is 2.75. The maximum Gasteiger partial charge on any atom is 0.418 e. The molecular weight excluding hydrogens is 207 g/mol. The first-order valence-electron chi connectivity index (χ1n) is 3.27. The Morgan fingerprint density at radius 1 is 1.46 bits per heavy atom. The van der Waals surface area contributed by atoms with E-state index in [0.717, 1.165) is 18.5 Å². The van der Waals surface area contributed by atoms with Crippen molar-refractivity contribution in [2.24, 2.45) is 0 Å². The van der Waals surface area contributed by atoms with Crippen molar-refractivity contribution in [3.05, 3.63) is 29.0 Å². The molecule has 0 spiro atoms. The van der Waals surface area contributed by atoms with Gasteiger partial charge in [0.1, 0.15) is 0 Å². The molecular formula is C7H5ClF3NO. The summed E-state index contributed by atoms with van der Waals surface area (Å²) in [6, 6.07) is 1.03. The molecule has 0 aliphatic rings. The molecule has 0 fully saturated rings. The summed E-state index contributed by atoms with van der Waals surface area (Å²) in [5.41, 5.74) is -0.385. The normalized spacial score (nSPS) is 14.2. The molecule has 13 heavy (non-hydrogen) atoms. The van der Waals surface area contributed by atoms with E-state index in [0.29, 0.717) is 0 Å². The zero-order chi connectivity index (χ0) is 10.1. The second-order valence-electron chi connectivity index (χ2n) is 2.34. The maximum atomic E-state index is 12.0. The Morgan fingerprint density at radius 2 is 2.08 bits per heavy atom. The fraction of sp³-hybridized carbons (Fsp3) is 0.286. The van der Waals surface area contributed by atoms with Gasteiger partial charge in [-0.15, -0.1) is 0 Å². The van der Waals surface area contributed by atoms with Gasteiger partial charge in [0.2, 0.25) is 0 Å². The number of pyridine rings is 1. The Bertz CT molecular complexity index is 302. The number of nitrogens with zero attached hydrogens (tertiary/aromatic N) is 1. The molecule has 1 atom stereocenters. The Labute approximate surface area is 77.0 Å². The van der Waals surface area contributed by atoms with Crippen LogP contribution in [0, 0.1) is 0 Å². The summed E-state index contributed by atoms with van der Waals surface area (Å²) in [6.07, 6.45) is -5.07. The van der Waals surface area contributed by atoms with Crippen LogP contribution in [0.1, 0.15) is 11.7 Å².